The molecule has 3 aromatic carbocycles. The molecule has 0 aliphatic carbocycles. The number of rotatable bonds is 4. The zero-order valence-corrected chi connectivity index (χ0v) is 22.4. The first-order chi connectivity index (χ1) is 17.7. The fourth-order valence-electron chi connectivity index (χ4n) is 3.91. The second-order valence-corrected chi connectivity index (χ2v) is 9.86. The number of nitrogens with one attached hydrogen (secondary N) is 2. The molecule has 0 bridgehead atoms. The highest BCUT2D eigenvalue weighted by atomic mass is 35.5. The van der Waals surface area contributed by atoms with E-state index in [1.165, 1.54) is 5.56 Å². The highest BCUT2D eigenvalue weighted by Gasteiger charge is 2.17. The van der Waals surface area contributed by atoms with Gasteiger partial charge in [-0.15, -0.1) is 0 Å². The Balaban J connectivity index is 1.31. The van der Waals surface area contributed by atoms with Gasteiger partial charge in [0.15, 0.2) is 16.5 Å². The number of carbonyl (C=O) groups is 1. The highest BCUT2D eigenvalue weighted by Crippen LogP contribution is 2.34. The summed E-state index contributed by atoms with van der Waals surface area (Å²) in [7, 11) is 0. The third-order valence-electron chi connectivity index (χ3n) is 6.07. The van der Waals surface area contributed by atoms with Crippen LogP contribution in [0.1, 0.15) is 27.2 Å². The van der Waals surface area contributed by atoms with Crippen LogP contribution in [0.25, 0.3) is 33.9 Å². The Labute approximate surface area is 228 Å². The van der Waals surface area contributed by atoms with Gasteiger partial charge in [0.1, 0.15) is 11.3 Å². The lowest BCUT2D eigenvalue weighted by atomic mass is 10.1. The van der Waals surface area contributed by atoms with Gasteiger partial charge in [-0.25, -0.2) is 4.98 Å². The van der Waals surface area contributed by atoms with Gasteiger partial charge in [-0.3, -0.25) is 10.1 Å². The Morgan fingerprint density at radius 3 is 2.54 bits per heavy atom. The number of halogens is 2. The van der Waals surface area contributed by atoms with E-state index in [1.807, 2.05) is 57.2 Å². The van der Waals surface area contributed by atoms with Crippen molar-refractivity contribution in [3.8, 4) is 22.8 Å². The van der Waals surface area contributed by atoms with Crippen molar-refractivity contribution in [3.63, 3.8) is 0 Å². The average molecular weight is 550 g/mol. The second-order valence-electron chi connectivity index (χ2n) is 8.60. The van der Waals surface area contributed by atoms with Crippen molar-refractivity contribution in [1.82, 2.24) is 10.3 Å². The van der Waals surface area contributed by atoms with E-state index in [0.717, 1.165) is 22.3 Å². The van der Waals surface area contributed by atoms with Crippen molar-refractivity contribution >= 4 is 63.2 Å². The number of anilines is 1. The van der Waals surface area contributed by atoms with Gasteiger partial charge in [-0.05, 0) is 92.1 Å². The van der Waals surface area contributed by atoms with Crippen molar-refractivity contribution in [2.75, 3.05) is 5.32 Å². The second kappa shape index (κ2) is 10.0. The lowest BCUT2D eigenvalue weighted by molar-refractivity contribution is 0.0951. The van der Waals surface area contributed by atoms with Gasteiger partial charge in [0, 0.05) is 21.8 Å². The number of hydrogen-bond acceptors (Lipinski definition) is 5. The topological polar surface area (TPSA) is 80.3 Å². The van der Waals surface area contributed by atoms with Gasteiger partial charge in [-0.2, -0.15) is 0 Å². The van der Waals surface area contributed by atoms with Crippen molar-refractivity contribution in [2.24, 2.45) is 0 Å². The van der Waals surface area contributed by atoms with Crippen LogP contribution < -0.4 is 10.6 Å². The molecule has 37 heavy (non-hydrogen) atoms. The van der Waals surface area contributed by atoms with E-state index in [0.29, 0.717) is 38.5 Å². The van der Waals surface area contributed by atoms with Gasteiger partial charge in [0.05, 0.1) is 5.02 Å². The van der Waals surface area contributed by atoms with Gasteiger partial charge in [0.25, 0.3) is 5.91 Å². The van der Waals surface area contributed by atoms with Crippen molar-refractivity contribution < 1.29 is 13.6 Å². The highest BCUT2D eigenvalue weighted by molar-refractivity contribution is 7.80. The van der Waals surface area contributed by atoms with Crippen molar-refractivity contribution in [3.05, 3.63) is 93.2 Å². The normalized spacial score (nSPS) is 11.1. The summed E-state index contributed by atoms with van der Waals surface area (Å²) in [5.41, 5.74) is 6.50. The number of fused-ring (bicyclic) bond motifs is 1. The van der Waals surface area contributed by atoms with Crippen LogP contribution in [0.4, 0.5) is 5.69 Å². The molecule has 5 rings (SSSR count). The SMILES string of the molecule is Cc1ccc(-c2ccc(C(=O)NC(=S)Nc3cccc(-c4nc5cc(Cl)cc(Cl)c5o4)c3C)o2)cc1C. The predicted molar refractivity (Wildman–Crippen MR) is 152 cm³/mol. The first-order valence-electron chi connectivity index (χ1n) is 11.3. The number of furan rings is 1. The Kier molecular flexibility index (Phi) is 6.77. The zero-order valence-electron chi connectivity index (χ0n) is 20.1. The molecule has 9 heteroatoms. The molecule has 6 nitrogen and oxygen atoms in total. The van der Waals surface area contributed by atoms with Gasteiger partial charge in [0.2, 0.25) is 5.89 Å². The Bertz CT molecular complexity index is 1690. The van der Waals surface area contributed by atoms with E-state index in [1.54, 1.807) is 24.3 Å². The van der Waals surface area contributed by atoms with Crippen LogP contribution >= 0.6 is 35.4 Å². The van der Waals surface area contributed by atoms with Gasteiger partial charge < -0.3 is 14.2 Å². The summed E-state index contributed by atoms with van der Waals surface area (Å²) in [6.45, 7) is 5.98. The van der Waals surface area contributed by atoms with Crippen molar-refractivity contribution in [1.29, 1.82) is 0 Å². The third kappa shape index (κ3) is 5.11. The maximum atomic E-state index is 12.8. The smallest absolute Gasteiger partial charge is 0.293 e. The molecule has 0 saturated carbocycles. The van der Waals surface area contributed by atoms with E-state index >= 15 is 0 Å². The average Bonchev–Trinajstić information content (AvgIpc) is 3.50. The molecule has 186 valence electrons. The minimum Gasteiger partial charge on any atom is -0.451 e. The molecule has 0 atom stereocenters. The Morgan fingerprint density at radius 1 is 0.946 bits per heavy atom. The summed E-state index contributed by atoms with van der Waals surface area (Å²) in [5, 5.41) is 6.72. The van der Waals surface area contributed by atoms with Crippen LogP contribution in [0.15, 0.2) is 69.5 Å². The molecule has 1 amide bonds. The lowest BCUT2D eigenvalue weighted by Gasteiger charge is -2.13. The molecular formula is C28H21Cl2N3O3S. The third-order valence-corrected chi connectivity index (χ3v) is 6.77. The van der Waals surface area contributed by atoms with Gasteiger partial charge in [-0.1, -0.05) is 41.4 Å². The number of aromatic nitrogens is 1. The monoisotopic (exact) mass is 549 g/mol. The molecule has 0 aliphatic rings. The molecule has 0 radical (unpaired) electrons. The van der Waals surface area contributed by atoms with E-state index < -0.39 is 5.91 Å². The van der Waals surface area contributed by atoms with E-state index in [9.17, 15) is 4.79 Å². The number of carbonyl (C=O) groups excluding carboxylic acids is 1. The summed E-state index contributed by atoms with van der Waals surface area (Å²) in [4.78, 5) is 17.3. The molecule has 2 N–H and O–H groups in total. The fraction of sp³-hybridized carbons (Fsp3) is 0.107. The number of nitrogens with zero attached hydrogens (tertiary/aromatic N) is 1. The Morgan fingerprint density at radius 2 is 1.76 bits per heavy atom. The Hall–Kier alpha value is -3.65. The van der Waals surface area contributed by atoms with E-state index in [4.69, 9.17) is 44.3 Å². The van der Waals surface area contributed by atoms with Crippen molar-refractivity contribution in [2.45, 2.75) is 20.8 Å². The quantitative estimate of drug-likeness (QED) is 0.220. The molecule has 2 heterocycles. The van der Waals surface area contributed by atoms with E-state index in [2.05, 4.69) is 15.6 Å². The molecule has 0 fully saturated rings. The number of thiocarbonyl (C=S) groups is 1. The zero-order chi connectivity index (χ0) is 26.3. The predicted octanol–water partition coefficient (Wildman–Crippen LogP) is 8.11. The summed E-state index contributed by atoms with van der Waals surface area (Å²) in [6.07, 6.45) is 0. The molecule has 0 spiro atoms. The minimum absolute atomic E-state index is 0.127. The molecule has 0 saturated heterocycles. The van der Waals surface area contributed by atoms with Crippen LogP contribution in [0.5, 0.6) is 0 Å². The lowest BCUT2D eigenvalue weighted by Crippen LogP contribution is -2.34. The van der Waals surface area contributed by atoms with Crippen LogP contribution in [0, 0.1) is 20.8 Å². The van der Waals surface area contributed by atoms with Crippen LogP contribution in [0.2, 0.25) is 10.0 Å². The van der Waals surface area contributed by atoms with Gasteiger partial charge >= 0.3 is 0 Å². The summed E-state index contributed by atoms with van der Waals surface area (Å²) >= 11 is 17.7. The molecular weight excluding hydrogens is 529 g/mol. The number of amides is 1. The standard InChI is InChI=1S/C28H21Cl2N3O3S/c1-14-7-8-17(11-15(14)2)23-9-10-24(35-23)26(34)33-28(37)32-21-6-4-5-19(16(21)3)27-31-22-13-18(29)12-20(30)25(22)36-27/h4-13H,1-3H3,(H2,32,33,34,37). The first-order valence-corrected chi connectivity index (χ1v) is 12.5. The summed E-state index contributed by atoms with van der Waals surface area (Å²) in [6, 6.07) is 18.2. The maximum Gasteiger partial charge on any atom is 0.293 e. The number of oxazole rings is 1. The van der Waals surface area contributed by atoms with Crippen LogP contribution in [-0.2, 0) is 0 Å². The largest absolute Gasteiger partial charge is 0.451 e. The first kappa shape index (κ1) is 25.0. The molecule has 2 aromatic heterocycles. The van der Waals surface area contributed by atoms with E-state index in [-0.39, 0.29) is 10.9 Å². The fourth-order valence-corrected chi connectivity index (χ4v) is 4.63. The molecule has 5 aromatic rings. The summed E-state index contributed by atoms with van der Waals surface area (Å²) < 4.78 is 11.7. The van der Waals surface area contributed by atoms with Crippen LogP contribution in [-0.4, -0.2) is 16.0 Å². The maximum absolute atomic E-state index is 12.8. The molecule has 0 aliphatic heterocycles. The summed E-state index contributed by atoms with van der Waals surface area (Å²) in [5.74, 6) is 0.705. The molecule has 0 unspecified atom stereocenters. The number of benzene rings is 3. The minimum atomic E-state index is -0.452. The number of aryl methyl sites for hydroxylation is 2. The van der Waals surface area contributed by atoms with Crippen LogP contribution in [0.3, 0.4) is 0 Å². The number of hydrogen-bond donors (Lipinski definition) is 2.